The number of hydrogen-bond donors (Lipinski definition) is 1. The van der Waals surface area contributed by atoms with Crippen LogP contribution in [-0.4, -0.2) is 45.6 Å². The molecule has 2 aromatic heterocycles. The van der Waals surface area contributed by atoms with Crippen LogP contribution in [0.25, 0.3) is 11.0 Å². The number of fused-ring (bicyclic) bond motifs is 1. The lowest BCUT2D eigenvalue weighted by atomic mass is 10.1. The van der Waals surface area contributed by atoms with E-state index in [4.69, 9.17) is 0 Å². The standard InChI is InChI=1S/C19H21N5O3S/c1-11-8-18(24(23-11)15-6-7-28(26,27)10-15)22-19(25)14-4-5-16-17(9-14)21-13(3)12(2)20-16/h4-5,8-9,15H,6-7,10H2,1-3H3,(H,22,25). The Morgan fingerprint density at radius 3 is 2.50 bits per heavy atom. The highest BCUT2D eigenvalue weighted by atomic mass is 32.2. The zero-order valence-electron chi connectivity index (χ0n) is 15.9. The third kappa shape index (κ3) is 3.49. The molecule has 1 aliphatic heterocycles. The SMILES string of the molecule is Cc1cc(NC(=O)c2ccc3nc(C)c(C)nc3c2)n(C2CCS(=O)(=O)C2)n1. The number of nitrogens with zero attached hydrogens (tertiary/aromatic N) is 4. The van der Waals surface area contributed by atoms with Crippen molar-refractivity contribution in [1.82, 2.24) is 19.7 Å². The van der Waals surface area contributed by atoms with Crippen molar-refractivity contribution in [3.63, 3.8) is 0 Å². The van der Waals surface area contributed by atoms with Gasteiger partial charge in [0.05, 0.1) is 45.7 Å². The number of benzene rings is 1. The minimum atomic E-state index is -3.05. The van der Waals surface area contributed by atoms with E-state index in [1.54, 1.807) is 28.9 Å². The molecule has 1 saturated heterocycles. The lowest BCUT2D eigenvalue weighted by Gasteiger charge is -2.14. The summed E-state index contributed by atoms with van der Waals surface area (Å²) in [5.41, 5.74) is 4.24. The van der Waals surface area contributed by atoms with Crippen molar-refractivity contribution >= 4 is 32.6 Å². The van der Waals surface area contributed by atoms with Crippen LogP contribution in [0.3, 0.4) is 0 Å². The normalized spacial score (nSPS) is 18.5. The Kier molecular flexibility index (Phi) is 4.41. The van der Waals surface area contributed by atoms with Crippen molar-refractivity contribution in [2.24, 2.45) is 0 Å². The lowest BCUT2D eigenvalue weighted by Crippen LogP contribution is -2.19. The summed E-state index contributed by atoms with van der Waals surface area (Å²) in [5.74, 6) is 0.382. The Morgan fingerprint density at radius 1 is 1.11 bits per heavy atom. The van der Waals surface area contributed by atoms with Crippen LogP contribution in [-0.2, 0) is 9.84 Å². The van der Waals surface area contributed by atoms with E-state index in [0.717, 1.165) is 22.6 Å². The average molecular weight is 399 g/mol. The molecule has 0 bridgehead atoms. The van der Waals surface area contributed by atoms with Crippen molar-refractivity contribution < 1.29 is 13.2 Å². The molecule has 1 fully saturated rings. The number of nitrogens with one attached hydrogen (secondary N) is 1. The van der Waals surface area contributed by atoms with Crippen LogP contribution in [0.5, 0.6) is 0 Å². The molecule has 4 rings (SSSR count). The number of sulfone groups is 1. The van der Waals surface area contributed by atoms with Gasteiger partial charge in [0.25, 0.3) is 5.91 Å². The highest BCUT2D eigenvalue weighted by Gasteiger charge is 2.31. The number of anilines is 1. The van der Waals surface area contributed by atoms with Gasteiger partial charge in [-0.2, -0.15) is 5.10 Å². The van der Waals surface area contributed by atoms with Crippen molar-refractivity contribution in [2.45, 2.75) is 33.2 Å². The molecule has 8 nitrogen and oxygen atoms in total. The van der Waals surface area contributed by atoms with Crippen LogP contribution in [0.4, 0.5) is 5.82 Å². The number of amides is 1. The first kappa shape index (κ1) is 18.5. The second-order valence-corrected chi connectivity index (χ2v) is 9.45. The van der Waals surface area contributed by atoms with Gasteiger partial charge in [-0.05, 0) is 45.4 Å². The maximum absolute atomic E-state index is 12.8. The highest BCUT2D eigenvalue weighted by Crippen LogP contribution is 2.27. The van der Waals surface area contributed by atoms with E-state index in [2.05, 4.69) is 20.4 Å². The number of carbonyl (C=O) groups is 1. The van der Waals surface area contributed by atoms with E-state index in [9.17, 15) is 13.2 Å². The Labute approximate surface area is 162 Å². The molecule has 9 heteroatoms. The molecule has 0 saturated carbocycles. The van der Waals surface area contributed by atoms with Gasteiger partial charge < -0.3 is 5.32 Å². The van der Waals surface area contributed by atoms with Crippen molar-refractivity contribution in [3.05, 3.63) is 46.9 Å². The molecule has 1 unspecified atom stereocenters. The van der Waals surface area contributed by atoms with E-state index in [1.807, 2.05) is 20.8 Å². The van der Waals surface area contributed by atoms with E-state index in [-0.39, 0.29) is 23.5 Å². The summed E-state index contributed by atoms with van der Waals surface area (Å²) in [7, 11) is -3.05. The molecule has 1 amide bonds. The molecule has 146 valence electrons. The fourth-order valence-electron chi connectivity index (χ4n) is 3.42. The van der Waals surface area contributed by atoms with E-state index in [1.165, 1.54) is 0 Å². The first-order valence-electron chi connectivity index (χ1n) is 9.05. The van der Waals surface area contributed by atoms with E-state index < -0.39 is 9.84 Å². The molecule has 3 heterocycles. The second-order valence-electron chi connectivity index (χ2n) is 7.22. The third-order valence-electron chi connectivity index (χ3n) is 4.99. The largest absolute Gasteiger partial charge is 0.307 e. The summed E-state index contributed by atoms with van der Waals surface area (Å²) in [6, 6.07) is 6.67. The molecular formula is C19H21N5O3S. The maximum Gasteiger partial charge on any atom is 0.256 e. The molecule has 0 radical (unpaired) electrons. The van der Waals surface area contributed by atoms with Gasteiger partial charge in [0.2, 0.25) is 0 Å². The van der Waals surface area contributed by atoms with Gasteiger partial charge in [-0.25, -0.2) is 23.1 Å². The van der Waals surface area contributed by atoms with Gasteiger partial charge in [-0.1, -0.05) is 0 Å². The Morgan fingerprint density at radius 2 is 1.82 bits per heavy atom. The Hall–Kier alpha value is -2.81. The highest BCUT2D eigenvalue weighted by molar-refractivity contribution is 7.91. The molecule has 1 N–H and O–H groups in total. The number of aryl methyl sites for hydroxylation is 3. The van der Waals surface area contributed by atoms with Crippen LogP contribution in [0.1, 0.15) is 39.9 Å². The van der Waals surface area contributed by atoms with Crippen molar-refractivity contribution in [1.29, 1.82) is 0 Å². The van der Waals surface area contributed by atoms with Crippen molar-refractivity contribution in [2.75, 3.05) is 16.8 Å². The molecule has 1 aromatic carbocycles. The summed E-state index contributed by atoms with van der Waals surface area (Å²) in [5, 5.41) is 7.25. The molecule has 3 aromatic rings. The van der Waals surface area contributed by atoms with Crippen LogP contribution < -0.4 is 5.32 Å². The van der Waals surface area contributed by atoms with Crippen LogP contribution in [0, 0.1) is 20.8 Å². The Balaban J connectivity index is 1.62. The van der Waals surface area contributed by atoms with Gasteiger partial charge in [0.15, 0.2) is 9.84 Å². The fourth-order valence-corrected chi connectivity index (χ4v) is 5.11. The smallest absolute Gasteiger partial charge is 0.256 e. The summed E-state index contributed by atoms with van der Waals surface area (Å²) < 4.78 is 25.2. The third-order valence-corrected chi connectivity index (χ3v) is 6.74. The fraction of sp³-hybridized carbons (Fsp3) is 0.368. The zero-order chi connectivity index (χ0) is 20.1. The van der Waals surface area contributed by atoms with Gasteiger partial charge >= 0.3 is 0 Å². The number of hydrogen-bond acceptors (Lipinski definition) is 6. The monoisotopic (exact) mass is 399 g/mol. The minimum Gasteiger partial charge on any atom is -0.307 e. The maximum atomic E-state index is 12.8. The summed E-state index contributed by atoms with van der Waals surface area (Å²) in [4.78, 5) is 21.8. The number of aromatic nitrogens is 4. The summed E-state index contributed by atoms with van der Waals surface area (Å²) in [6.45, 7) is 5.59. The number of carbonyl (C=O) groups excluding carboxylic acids is 1. The predicted molar refractivity (Wildman–Crippen MR) is 106 cm³/mol. The van der Waals surface area contributed by atoms with E-state index in [0.29, 0.717) is 23.3 Å². The van der Waals surface area contributed by atoms with Crippen LogP contribution in [0.15, 0.2) is 24.3 Å². The zero-order valence-corrected chi connectivity index (χ0v) is 16.7. The topological polar surface area (TPSA) is 107 Å². The van der Waals surface area contributed by atoms with Crippen LogP contribution in [0.2, 0.25) is 0 Å². The van der Waals surface area contributed by atoms with Crippen LogP contribution >= 0.6 is 0 Å². The van der Waals surface area contributed by atoms with Gasteiger partial charge in [0.1, 0.15) is 5.82 Å². The predicted octanol–water partition coefficient (Wildman–Crippen LogP) is 2.36. The van der Waals surface area contributed by atoms with Gasteiger partial charge in [-0.3, -0.25) is 4.79 Å². The molecular weight excluding hydrogens is 378 g/mol. The van der Waals surface area contributed by atoms with E-state index >= 15 is 0 Å². The summed E-state index contributed by atoms with van der Waals surface area (Å²) in [6.07, 6.45) is 0.497. The Bertz CT molecular complexity index is 1200. The quantitative estimate of drug-likeness (QED) is 0.725. The van der Waals surface area contributed by atoms with Gasteiger partial charge in [-0.15, -0.1) is 0 Å². The molecule has 1 aliphatic rings. The molecule has 0 aliphatic carbocycles. The molecule has 1 atom stereocenters. The first-order chi connectivity index (χ1) is 13.2. The number of rotatable bonds is 3. The lowest BCUT2D eigenvalue weighted by molar-refractivity contribution is 0.102. The van der Waals surface area contributed by atoms with Gasteiger partial charge in [0, 0.05) is 11.6 Å². The molecule has 0 spiro atoms. The average Bonchev–Trinajstić information content (AvgIpc) is 3.17. The first-order valence-corrected chi connectivity index (χ1v) is 10.9. The minimum absolute atomic E-state index is 0.0428. The molecule has 28 heavy (non-hydrogen) atoms. The summed E-state index contributed by atoms with van der Waals surface area (Å²) >= 11 is 0. The van der Waals surface area contributed by atoms with Crippen molar-refractivity contribution in [3.8, 4) is 0 Å². The second kappa shape index (κ2) is 6.66.